The number of hydrogen-bond donors (Lipinski definition) is 1. The third-order valence-corrected chi connectivity index (χ3v) is 3.66. The van der Waals surface area contributed by atoms with Crippen molar-refractivity contribution in [3.63, 3.8) is 0 Å². The fraction of sp³-hybridized carbons (Fsp3) is 0.294. The summed E-state index contributed by atoms with van der Waals surface area (Å²) in [7, 11) is 0. The van der Waals surface area contributed by atoms with Crippen LogP contribution in [0.2, 0.25) is 0 Å². The second-order valence-corrected chi connectivity index (χ2v) is 5.36. The maximum Gasteiger partial charge on any atom is 0.146 e. The molecule has 0 fully saturated rings. The molecule has 1 aromatic heterocycles. The van der Waals surface area contributed by atoms with Gasteiger partial charge in [-0.15, -0.1) is 15.0 Å². The molecular weight excluding hydrogens is 262 g/mol. The molecule has 0 saturated heterocycles. The van der Waals surface area contributed by atoms with Crippen molar-refractivity contribution in [3.05, 3.63) is 47.5 Å². The first-order valence-electron chi connectivity index (χ1n) is 7.34. The smallest absolute Gasteiger partial charge is 0.146 e. The van der Waals surface area contributed by atoms with Gasteiger partial charge in [0.05, 0.1) is 0 Å². The van der Waals surface area contributed by atoms with Gasteiger partial charge >= 0.3 is 0 Å². The van der Waals surface area contributed by atoms with Gasteiger partial charge < -0.3 is 5.11 Å². The lowest BCUT2D eigenvalue weighted by molar-refractivity contribution is 0.463. The van der Waals surface area contributed by atoms with Gasteiger partial charge in [0.25, 0.3) is 0 Å². The van der Waals surface area contributed by atoms with Crippen molar-refractivity contribution in [3.8, 4) is 11.4 Å². The fourth-order valence-electron chi connectivity index (χ4n) is 2.48. The number of fused-ring (bicyclic) bond motifs is 1. The molecule has 4 nitrogen and oxygen atoms in total. The second-order valence-electron chi connectivity index (χ2n) is 5.36. The van der Waals surface area contributed by atoms with E-state index in [-0.39, 0.29) is 5.75 Å². The first kappa shape index (κ1) is 13.6. The Morgan fingerprint density at radius 2 is 1.76 bits per heavy atom. The summed E-state index contributed by atoms with van der Waals surface area (Å²) in [6, 6.07) is 11.7. The quantitative estimate of drug-likeness (QED) is 0.791. The van der Waals surface area contributed by atoms with E-state index in [4.69, 9.17) is 0 Å². The summed E-state index contributed by atoms with van der Waals surface area (Å²) < 4.78 is 0. The van der Waals surface area contributed by atoms with Crippen molar-refractivity contribution in [2.24, 2.45) is 0 Å². The van der Waals surface area contributed by atoms with Crippen LogP contribution in [0.3, 0.4) is 0 Å². The number of aryl methyl sites for hydroxylation is 2. The van der Waals surface area contributed by atoms with Crippen molar-refractivity contribution >= 4 is 11.0 Å². The van der Waals surface area contributed by atoms with Gasteiger partial charge in [0.2, 0.25) is 0 Å². The summed E-state index contributed by atoms with van der Waals surface area (Å²) in [5.41, 5.74) is 4.38. The Bertz CT molecular complexity index is 744. The Kier molecular flexibility index (Phi) is 3.60. The Labute approximate surface area is 124 Å². The number of benzene rings is 2. The van der Waals surface area contributed by atoms with Gasteiger partial charge in [-0.3, -0.25) is 0 Å². The summed E-state index contributed by atoms with van der Waals surface area (Å²) in [5.74, 6) is 0.246. The van der Waals surface area contributed by atoms with Crippen LogP contribution in [0.5, 0.6) is 5.75 Å². The standard InChI is InChI=1S/C17H19N3O/c1-3-4-7-13-10-12(2)17(21)16(11-13)20-18-14-8-5-6-9-15(14)19-20/h5-6,8-11,21H,3-4,7H2,1-2H3. The Morgan fingerprint density at radius 1 is 1.10 bits per heavy atom. The largest absolute Gasteiger partial charge is 0.505 e. The molecule has 0 saturated carbocycles. The van der Waals surface area contributed by atoms with Crippen LogP contribution in [0.15, 0.2) is 36.4 Å². The van der Waals surface area contributed by atoms with Crippen LogP contribution in [-0.2, 0) is 6.42 Å². The molecule has 0 radical (unpaired) electrons. The zero-order valence-corrected chi connectivity index (χ0v) is 12.4. The van der Waals surface area contributed by atoms with E-state index in [2.05, 4.69) is 17.1 Å². The molecular formula is C17H19N3O. The zero-order chi connectivity index (χ0) is 14.8. The van der Waals surface area contributed by atoms with Crippen LogP contribution in [-0.4, -0.2) is 20.1 Å². The van der Waals surface area contributed by atoms with Crippen molar-refractivity contribution in [1.29, 1.82) is 0 Å². The van der Waals surface area contributed by atoms with E-state index in [9.17, 15) is 5.11 Å². The van der Waals surface area contributed by atoms with E-state index in [0.717, 1.165) is 35.9 Å². The monoisotopic (exact) mass is 281 g/mol. The summed E-state index contributed by atoms with van der Waals surface area (Å²) in [4.78, 5) is 1.53. The Balaban J connectivity index is 2.09. The average Bonchev–Trinajstić information content (AvgIpc) is 2.92. The molecule has 21 heavy (non-hydrogen) atoms. The highest BCUT2D eigenvalue weighted by Crippen LogP contribution is 2.28. The molecule has 0 spiro atoms. The van der Waals surface area contributed by atoms with Crippen molar-refractivity contribution in [1.82, 2.24) is 15.0 Å². The van der Waals surface area contributed by atoms with Crippen LogP contribution < -0.4 is 0 Å². The number of hydrogen-bond acceptors (Lipinski definition) is 3. The van der Waals surface area contributed by atoms with Crippen molar-refractivity contribution < 1.29 is 5.11 Å². The molecule has 1 N–H and O–H groups in total. The van der Waals surface area contributed by atoms with Crippen LogP contribution in [0, 0.1) is 6.92 Å². The van der Waals surface area contributed by atoms with Gasteiger partial charge in [0.15, 0.2) is 0 Å². The molecule has 2 aromatic carbocycles. The highest BCUT2D eigenvalue weighted by Gasteiger charge is 2.12. The van der Waals surface area contributed by atoms with Crippen LogP contribution in [0.1, 0.15) is 30.9 Å². The third-order valence-electron chi connectivity index (χ3n) is 3.66. The van der Waals surface area contributed by atoms with Gasteiger partial charge in [-0.25, -0.2) is 0 Å². The van der Waals surface area contributed by atoms with Crippen LogP contribution in [0.25, 0.3) is 16.7 Å². The molecule has 0 unspecified atom stereocenters. The van der Waals surface area contributed by atoms with Crippen LogP contribution >= 0.6 is 0 Å². The Morgan fingerprint density at radius 3 is 2.38 bits per heavy atom. The topological polar surface area (TPSA) is 50.9 Å². The fourth-order valence-corrected chi connectivity index (χ4v) is 2.48. The summed E-state index contributed by atoms with van der Waals surface area (Å²) in [5, 5.41) is 19.2. The molecule has 1 heterocycles. The number of phenolic OH excluding ortho intramolecular Hbond substituents is 1. The molecule has 0 amide bonds. The highest BCUT2D eigenvalue weighted by molar-refractivity contribution is 5.73. The molecule has 3 aromatic rings. The predicted octanol–water partition coefficient (Wildman–Crippen LogP) is 3.78. The van der Waals surface area contributed by atoms with Gasteiger partial charge in [-0.2, -0.15) is 0 Å². The van der Waals surface area contributed by atoms with E-state index in [0.29, 0.717) is 5.69 Å². The minimum absolute atomic E-state index is 0.246. The number of aromatic hydroxyl groups is 1. The lowest BCUT2D eigenvalue weighted by atomic mass is 10.0. The number of unbranched alkanes of at least 4 members (excludes halogenated alkanes) is 1. The van der Waals surface area contributed by atoms with E-state index in [1.165, 1.54) is 10.4 Å². The molecule has 108 valence electrons. The van der Waals surface area contributed by atoms with E-state index in [1.807, 2.05) is 43.3 Å². The number of aromatic nitrogens is 3. The second kappa shape index (κ2) is 5.56. The molecule has 0 bridgehead atoms. The lowest BCUT2D eigenvalue weighted by Crippen LogP contribution is -2.01. The van der Waals surface area contributed by atoms with Gasteiger partial charge in [0, 0.05) is 0 Å². The number of rotatable bonds is 4. The summed E-state index contributed by atoms with van der Waals surface area (Å²) in [6.45, 7) is 4.09. The number of nitrogens with zero attached hydrogens (tertiary/aromatic N) is 3. The van der Waals surface area contributed by atoms with E-state index in [1.54, 1.807) is 0 Å². The average molecular weight is 281 g/mol. The molecule has 4 heteroatoms. The zero-order valence-electron chi connectivity index (χ0n) is 12.4. The number of phenols is 1. The summed E-state index contributed by atoms with van der Waals surface area (Å²) >= 11 is 0. The first-order chi connectivity index (χ1) is 10.2. The minimum atomic E-state index is 0.246. The van der Waals surface area contributed by atoms with Gasteiger partial charge in [-0.1, -0.05) is 31.5 Å². The summed E-state index contributed by atoms with van der Waals surface area (Å²) in [6.07, 6.45) is 3.29. The molecule has 0 aliphatic rings. The van der Waals surface area contributed by atoms with Crippen molar-refractivity contribution in [2.45, 2.75) is 33.1 Å². The van der Waals surface area contributed by atoms with Crippen LogP contribution in [0.4, 0.5) is 0 Å². The van der Waals surface area contributed by atoms with Crippen molar-refractivity contribution in [2.75, 3.05) is 0 Å². The highest BCUT2D eigenvalue weighted by atomic mass is 16.3. The third kappa shape index (κ3) is 2.61. The normalized spacial score (nSPS) is 11.1. The maximum atomic E-state index is 10.3. The Hall–Kier alpha value is -2.36. The van der Waals surface area contributed by atoms with E-state index < -0.39 is 0 Å². The molecule has 0 aliphatic heterocycles. The molecule has 3 rings (SSSR count). The molecule has 0 aliphatic carbocycles. The first-order valence-corrected chi connectivity index (χ1v) is 7.34. The minimum Gasteiger partial charge on any atom is -0.505 e. The SMILES string of the molecule is CCCCc1cc(C)c(O)c(-n2nc3ccccc3n2)c1. The lowest BCUT2D eigenvalue weighted by Gasteiger charge is -2.09. The van der Waals surface area contributed by atoms with Gasteiger partial charge in [-0.05, 0) is 49.1 Å². The molecule has 0 atom stereocenters. The predicted molar refractivity (Wildman–Crippen MR) is 83.9 cm³/mol. The maximum absolute atomic E-state index is 10.3. The van der Waals surface area contributed by atoms with Gasteiger partial charge in [0.1, 0.15) is 22.5 Å². The van der Waals surface area contributed by atoms with E-state index >= 15 is 0 Å².